The number of hydrogen-bond donors (Lipinski definition) is 1. The van der Waals surface area contributed by atoms with Gasteiger partial charge in [0.05, 0.1) is 0 Å². The van der Waals surface area contributed by atoms with Crippen molar-refractivity contribution in [3.8, 4) is 0 Å². The monoisotopic (exact) mass is 270 g/mol. The number of anilines is 1. The van der Waals surface area contributed by atoms with Crippen molar-refractivity contribution in [1.82, 2.24) is 4.98 Å². The van der Waals surface area contributed by atoms with Gasteiger partial charge in [0.15, 0.2) is 4.47 Å². The maximum absolute atomic E-state index is 5.99. The van der Waals surface area contributed by atoms with Crippen LogP contribution in [0.3, 0.4) is 0 Å². The van der Waals surface area contributed by atoms with Gasteiger partial charge in [-0.3, -0.25) is 0 Å². The number of nitrogens with two attached hydrogens (primary N) is 1. The zero-order chi connectivity index (χ0) is 11.5. The summed E-state index contributed by atoms with van der Waals surface area (Å²) in [6.45, 7) is 2.02. The molecule has 5 heteroatoms. The molecule has 0 aliphatic carbocycles. The number of rotatable bonds is 3. The van der Waals surface area contributed by atoms with Gasteiger partial charge in [-0.15, -0.1) is 23.1 Å². The van der Waals surface area contributed by atoms with Crippen molar-refractivity contribution in [2.24, 2.45) is 0 Å². The fourth-order valence-electron chi connectivity index (χ4n) is 1.28. The molecule has 1 aromatic heterocycles. The van der Waals surface area contributed by atoms with Crippen molar-refractivity contribution in [3.63, 3.8) is 0 Å². The first-order chi connectivity index (χ1) is 7.66. The molecule has 0 radical (unpaired) electrons. The van der Waals surface area contributed by atoms with E-state index < -0.39 is 0 Å². The first-order valence-electron chi connectivity index (χ1n) is 4.75. The summed E-state index contributed by atoms with van der Waals surface area (Å²) in [4.78, 5) is 6.29. The molecule has 0 spiro atoms. The molecule has 16 heavy (non-hydrogen) atoms. The van der Waals surface area contributed by atoms with Gasteiger partial charge in [-0.2, -0.15) is 0 Å². The summed E-state index contributed by atoms with van der Waals surface area (Å²) in [5.41, 5.74) is 7.97. The summed E-state index contributed by atoms with van der Waals surface area (Å²) < 4.78 is 0.591. The lowest BCUT2D eigenvalue weighted by Gasteiger charge is -2.06. The predicted molar refractivity (Wildman–Crippen MR) is 72.3 cm³/mol. The van der Waals surface area contributed by atoms with E-state index in [1.54, 1.807) is 11.8 Å². The highest BCUT2D eigenvalue weighted by Gasteiger charge is 2.04. The van der Waals surface area contributed by atoms with Crippen LogP contribution in [-0.2, 0) is 5.75 Å². The fraction of sp³-hybridized carbons (Fsp3) is 0.182. The molecule has 0 saturated carbocycles. The molecule has 1 aromatic carbocycles. The molecule has 0 saturated heterocycles. The van der Waals surface area contributed by atoms with Crippen LogP contribution >= 0.6 is 34.7 Å². The Morgan fingerprint density at radius 1 is 1.50 bits per heavy atom. The lowest BCUT2D eigenvalue weighted by atomic mass is 10.2. The minimum absolute atomic E-state index is 0.591. The van der Waals surface area contributed by atoms with Gasteiger partial charge >= 0.3 is 0 Å². The van der Waals surface area contributed by atoms with Crippen molar-refractivity contribution >= 4 is 40.4 Å². The Kier molecular flexibility index (Phi) is 3.74. The van der Waals surface area contributed by atoms with Gasteiger partial charge in [0, 0.05) is 27.4 Å². The van der Waals surface area contributed by atoms with E-state index >= 15 is 0 Å². The standard InChI is InChI=1S/C11H11ClN2S2/c1-7-3-2-4-9(10(7)13)15-6-8-5-14-11(12)16-8/h2-5H,6,13H2,1H3. The van der Waals surface area contributed by atoms with Crippen molar-refractivity contribution in [1.29, 1.82) is 0 Å². The molecule has 1 heterocycles. The Hall–Kier alpha value is -0.710. The Balaban J connectivity index is 2.07. The van der Waals surface area contributed by atoms with E-state index in [2.05, 4.69) is 4.98 Å². The van der Waals surface area contributed by atoms with Crippen LogP contribution in [-0.4, -0.2) is 4.98 Å². The second-order valence-corrected chi connectivity index (χ2v) is 6.07. The number of para-hydroxylation sites is 1. The van der Waals surface area contributed by atoms with Crippen molar-refractivity contribution in [2.45, 2.75) is 17.6 Å². The highest BCUT2D eigenvalue weighted by Crippen LogP contribution is 2.31. The Bertz CT molecular complexity index is 496. The molecule has 2 rings (SSSR count). The van der Waals surface area contributed by atoms with Gasteiger partial charge in [0.1, 0.15) is 0 Å². The molecular formula is C11H11ClN2S2. The zero-order valence-corrected chi connectivity index (χ0v) is 11.1. The Labute approximate surface area is 108 Å². The van der Waals surface area contributed by atoms with Gasteiger partial charge in [-0.25, -0.2) is 4.98 Å². The van der Waals surface area contributed by atoms with E-state index in [1.807, 2.05) is 31.3 Å². The zero-order valence-electron chi connectivity index (χ0n) is 8.74. The second kappa shape index (κ2) is 5.08. The number of nitrogens with zero attached hydrogens (tertiary/aromatic N) is 1. The molecule has 0 amide bonds. The van der Waals surface area contributed by atoms with Crippen LogP contribution in [0, 0.1) is 6.92 Å². The Morgan fingerprint density at radius 3 is 3.00 bits per heavy atom. The van der Waals surface area contributed by atoms with Gasteiger partial charge < -0.3 is 5.73 Å². The third kappa shape index (κ3) is 2.70. The summed E-state index contributed by atoms with van der Waals surface area (Å²) in [5.74, 6) is 0.859. The van der Waals surface area contributed by atoms with Crippen LogP contribution < -0.4 is 5.73 Å². The summed E-state index contributed by atoms with van der Waals surface area (Å²) >= 11 is 9.00. The summed E-state index contributed by atoms with van der Waals surface area (Å²) in [5, 5.41) is 0. The molecule has 0 unspecified atom stereocenters. The number of thiazole rings is 1. The van der Waals surface area contributed by atoms with Crippen LogP contribution in [0.1, 0.15) is 10.4 Å². The van der Waals surface area contributed by atoms with E-state index in [-0.39, 0.29) is 0 Å². The second-order valence-electron chi connectivity index (χ2n) is 3.35. The van der Waals surface area contributed by atoms with Crippen molar-refractivity contribution < 1.29 is 0 Å². The number of thioether (sulfide) groups is 1. The molecule has 2 N–H and O–H groups in total. The van der Waals surface area contributed by atoms with E-state index in [4.69, 9.17) is 17.3 Å². The third-order valence-electron chi connectivity index (χ3n) is 2.18. The van der Waals surface area contributed by atoms with Crippen LogP contribution in [0.25, 0.3) is 0 Å². The minimum atomic E-state index is 0.591. The van der Waals surface area contributed by atoms with Gasteiger partial charge in [0.25, 0.3) is 0 Å². The first-order valence-corrected chi connectivity index (χ1v) is 6.93. The lowest BCUT2D eigenvalue weighted by Crippen LogP contribution is -1.91. The number of halogens is 1. The number of hydrogen-bond acceptors (Lipinski definition) is 4. The SMILES string of the molecule is Cc1cccc(SCc2cnc(Cl)s2)c1N. The maximum atomic E-state index is 5.99. The highest BCUT2D eigenvalue weighted by molar-refractivity contribution is 7.98. The summed E-state index contributed by atoms with van der Waals surface area (Å²) in [7, 11) is 0. The molecule has 0 fully saturated rings. The van der Waals surface area contributed by atoms with Gasteiger partial charge in [-0.1, -0.05) is 23.7 Å². The molecule has 84 valence electrons. The minimum Gasteiger partial charge on any atom is -0.398 e. The molecule has 2 aromatic rings. The number of aryl methyl sites for hydroxylation is 1. The quantitative estimate of drug-likeness (QED) is 0.677. The molecule has 0 bridgehead atoms. The molecular weight excluding hydrogens is 260 g/mol. The summed E-state index contributed by atoms with van der Waals surface area (Å²) in [6.07, 6.45) is 1.81. The third-order valence-corrected chi connectivity index (χ3v) is 4.60. The van der Waals surface area contributed by atoms with Gasteiger partial charge in [0.2, 0.25) is 0 Å². The van der Waals surface area contributed by atoms with E-state index in [9.17, 15) is 0 Å². The van der Waals surface area contributed by atoms with Crippen molar-refractivity contribution in [3.05, 3.63) is 39.3 Å². The lowest BCUT2D eigenvalue weighted by molar-refractivity contribution is 1.34. The number of nitrogen functional groups attached to an aromatic ring is 1. The van der Waals surface area contributed by atoms with Crippen LogP contribution in [0.5, 0.6) is 0 Å². The average Bonchev–Trinajstić information content (AvgIpc) is 2.67. The van der Waals surface area contributed by atoms with E-state index in [0.717, 1.165) is 26.8 Å². The normalized spacial score (nSPS) is 10.6. The maximum Gasteiger partial charge on any atom is 0.183 e. The largest absolute Gasteiger partial charge is 0.398 e. The number of benzene rings is 1. The van der Waals surface area contributed by atoms with Crippen LogP contribution in [0.2, 0.25) is 4.47 Å². The highest BCUT2D eigenvalue weighted by atomic mass is 35.5. The van der Waals surface area contributed by atoms with E-state index in [1.165, 1.54) is 11.3 Å². The van der Waals surface area contributed by atoms with Crippen LogP contribution in [0.15, 0.2) is 29.3 Å². The number of aromatic nitrogens is 1. The molecule has 0 aliphatic heterocycles. The molecule has 0 aliphatic rings. The topological polar surface area (TPSA) is 38.9 Å². The van der Waals surface area contributed by atoms with Gasteiger partial charge in [-0.05, 0) is 18.6 Å². The Morgan fingerprint density at radius 2 is 2.31 bits per heavy atom. The fourth-order valence-corrected chi connectivity index (χ4v) is 3.33. The first kappa shape index (κ1) is 11.8. The summed E-state index contributed by atoms with van der Waals surface area (Å²) in [6, 6.07) is 6.08. The van der Waals surface area contributed by atoms with Crippen molar-refractivity contribution in [2.75, 3.05) is 5.73 Å². The average molecular weight is 271 g/mol. The molecule has 0 atom stereocenters. The smallest absolute Gasteiger partial charge is 0.183 e. The molecule has 2 nitrogen and oxygen atoms in total. The predicted octanol–water partition coefficient (Wildman–Crippen LogP) is 3.98. The van der Waals surface area contributed by atoms with Crippen LogP contribution in [0.4, 0.5) is 5.69 Å². The van der Waals surface area contributed by atoms with E-state index in [0.29, 0.717) is 4.47 Å².